The molecular weight excluding hydrogens is 197 g/mol. The summed E-state index contributed by atoms with van der Waals surface area (Å²) in [7, 11) is -5.68. The lowest BCUT2D eigenvalue weighted by Crippen LogP contribution is -2.24. The molecule has 0 aliphatic heterocycles. The molecule has 0 aromatic heterocycles. The minimum atomic E-state index is -5.68. The predicted molar refractivity (Wildman–Crippen MR) is 31.8 cm³/mol. The summed E-state index contributed by atoms with van der Waals surface area (Å²) in [6.45, 7) is 0. The third-order valence-electron chi connectivity index (χ3n) is 0.789. The Labute approximate surface area is 65.3 Å². The van der Waals surface area contributed by atoms with Gasteiger partial charge in [0.05, 0.1) is 0 Å². The van der Waals surface area contributed by atoms with Gasteiger partial charge in [0, 0.05) is 5.87 Å². The summed E-state index contributed by atoms with van der Waals surface area (Å²) in [4.78, 5) is -1.74. The molecule has 0 amide bonds. The van der Waals surface area contributed by atoms with Gasteiger partial charge in [-0.2, -0.15) is 18.4 Å². The maximum Gasteiger partial charge on any atom is 0.503 e. The smallest absolute Gasteiger partial charge is 0.257 e. The largest absolute Gasteiger partial charge is 0.503 e. The summed E-state index contributed by atoms with van der Waals surface area (Å²) in [6.07, 6.45) is 0. The summed E-state index contributed by atoms with van der Waals surface area (Å²) in [5, 5.41) is 14.0. The Balaban J connectivity index is 5.50. The van der Waals surface area contributed by atoms with Crippen LogP contribution in [0, 0.1) is 16.7 Å². The highest BCUT2D eigenvalue weighted by Gasteiger charge is 2.49. The predicted octanol–water partition coefficient (Wildman–Crippen LogP) is 0.577. The minimum Gasteiger partial charge on any atom is -0.257 e. The lowest BCUT2D eigenvalue weighted by molar-refractivity contribution is -0.0425. The Morgan fingerprint density at radius 2 is 1.83 bits per heavy atom. The van der Waals surface area contributed by atoms with Gasteiger partial charge < -0.3 is 0 Å². The molecule has 0 radical (unpaired) electrons. The Kier molecular flexibility index (Phi) is 2.64. The Morgan fingerprint density at radius 1 is 1.42 bits per heavy atom. The van der Waals surface area contributed by atoms with Crippen LogP contribution in [0.3, 0.4) is 0 Å². The molecule has 4 nitrogen and oxygen atoms in total. The van der Waals surface area contributed by atoms with E-state index in [0.29, 0.717) is 6.07 Å². The van der Waals surface area contributed by atoms with E-state index in [9.17, 15) is 21.6 Å². The van der Waals surface area contributed by atoms with E-state index in [1.807, 2.05) is 0 Å². The van der Waals surface area contributed by atoms with Crippen LogP contribution < -0.4 is 0 Å². The molecule has 0 spiro atoms. The Hall–Kier alpha value is -1.32. The number of nitriles is 1. The fourth-order valence-electron chi connectivity index (χ4n) is 0.271. The first kappa shape index (κ1) is 10.7. The van der Waals surface area contributed by atoms with Crippen molar-refractivity contribution in [2.75, 3.05) is 0 Å². The van der Waals surface area contributed by atoms with Crippen molar-refractivity contribution in [3.8, 4) is 6.07 Å². The SMILES string of the molecule is N#CC(=C=N)S(=O)(=O)C(F)(F)F. The Morgan fingerprint density at radius 3 is 1.92 bits per heavy atom. The Bertz CT molecular complexity index is 368. The van der Waals surface area contributed by atoms with Gasteiger partial charge in [-0.1, -0.05) is 0 Å². The normalized spacial score (nSPS) is 11.5. The average molecular weight is 198 g/mol. The second-order valence-electron chi connectivity index (χ2n) is 1.52. The number of rotatable bonds is 1. The van der Waals surface area contributed by atoms with Gasteiger partial charge in [0.25, 0.3) is 9.84 Å². The van der Waals surface area contributed by atoms with Gasteiger partial charge in [-0.3, -0.25) is 5.41 Å². The number of nitrogens with one attached hydrogen (secondary N) is 1. The monoisotopic (exact) mass is 198 g/mol. The first-order valence-corrected chi connectivity index (χ1v) is 3.77. The molecule has 0 fully saturated rings. The number of alkyl halides is 3. The summed E-state index contributed by atoms with van der Waals surface area (Å²) in [5.74, 6) is 0.896. The number of sulfone groups is 1. The quantitative estimate of drug-likeness (QED) is 0.494. The van der Waals surface area contributed by atoms with Crippen molar-refractivity contribution in [3.63, 3.8) is 0 Å². The zero-order valence-corrected chi connectivity index (χ0v) is 6.12. The van der Waals surface area contributed by atoms with Crippen LogP contribution in [0.1, 0.15) is 0 Å². The molecule has 0 saturated carbocycles. The summed E-state index contributed by atoms with van der Waals surface area (Å²) in [5.41, 5.74) is -5.55. The highest BCUT2D eigenvalue weighted by atomic mass is 32.2. The second kappa shape index (κ2) is 2.97. The van der Waals surface area contributed by atoms with Crippen molar-refractivity contribution in [3.05, 3.63) is 4.91 Å². The lowest BCUT2D eigenvalue weighted by atomic mass is 10.7. The van der Waals surface area contributed by atoms with E-state index in [-0.39, 0.29) is 0 Å². The zero-order chi connectivity index (χ0) is 9.99. The third-order valence-corrected chi connectivity index (χ3v) is 2.13. The molecule has 0 saturated heterocycles. The van der Waals surface area contributed by atoms with Crippen molar-refractivity contribution < 1.29 is 21.6 Å². The number of hydrogen-bond donors (Lipinski definition) is 1. The van der Waals surface area contributed by atoms with Crippen LogP contribution in [0.25, 0.3) is 0 Å². The molecule has 12 heavy (non-hydrogen) atoms. The molecule has 0 aliphatic carbocycles. The minimum absolute atomic E-state index is 0.709. The van der Waals surface area contributed by atoms with Crippen LogP contribution in [0.15, 0.2) is 4.91 Å². The number of allylic oxidation sites excluding steroid dienone is 1. The first-order valence-electron chi connectivity index (χ1n) is 2.28. The van der Waals surface area contributed by atoms with E-state index in [2.05, 4.69) is 0 Å². The van der Waals surface area contributed by atoms with Gasteiger partial charge in [-0.05, 0) is 0 Å². The second-order valence-corrected chi connectivity index (χ2v) is 3.39. The van der Waals surface area contributed by atoms with E-state index >= 15 is 0 Å². The van der Waals surface area contributed by atoms with Crippen molar-refractivity contribution >= 4 is 15.7 Å². The maximum atomic E-state index is 11.6. The lowest BCUT2D eigenvalue weighted by Gasteiger charge is -2.03. The molecule has 0 rings (SSSR count). The topological polar surface area (TPSA) is 81.8 Å². The first-order chi connectivity index (χ1) is 5.27. The van der Waals surface area contributed by atoms with E-state index in [1.165, 1.54) is 0 Å². The van der Waals surface area contributed by atoms with E-state index in [4.69, 9.17) is 10.7 Å². The molecule has 0 unspecified atom stereocenters. The average Bonchev–Trinajstić information content (AvgIpc) is 1.87. The summed E-state index contributed by atoms with van der Waals surface area (Å²) in [6, 6.07) is 0.709. The van der Waals surface area contributed by atoms with Crippen molar-refractivity contribution in [1.29, 1.82) is 10.7 Å². The van der Waals surface area contributed by atoms with E-state index < -0.39 is 20.3 Å². The molecule has 0 atom stereocenters. The van der Waals surface area contributed by atoms with Crippen molar-refractivity contribution in [1.82, 2.24) is 0 Å². The molecule has 0 bridgehead atoms. The van der Waals surface area contributed by atoms with Crippen LogP contribution >= 0.6 is 0 Å². The number of halogens is 3. The van der Waals surface area contributed by atoms with Crippen LogP contribution in [-0.4, -0.2) is 19.8 Å². The summed E-state index contributed by atoms with van der Waals surface area (Å²) < 4.78 is 55.2. The number of nitrogens with zero attached hydrogens (tertiary/aromatic N) is 1. The van der Waals surface area contributed by atoms with Gasteiger partial charge >= 0.3 is 5.51 Å². The van der Waals surface area contributed by atoms with Gasteiger partial charge in [0.1, 0.15) is 6.07 Å². The van der Waals surface area contributed by atoms with Gasteiger partial charge in [0.2, 0.25) is 4.91 Å². The van der Waals surface area contributed by atoms with Crippen LogP contribution in [0.5, 0.6) is 0 Å². The highest BCUT2D eigenvalue weighted by molar-refractivity contribution is 7.96. The van der Waals surface area contributed by atoms with Crippen LogP contribution in [0.2, 0.25) is 0 Å². The molecule has 0 aromatic carbocycles. The van der Waals surface area contributed by atoms with Crippen molar-refractivity contribution in [2.45, 2.75) is 5.51 Å². The number of hydrogen-bond acceptors (Lipinski definition) is 4. The molecule has 8 heteroatoms. The highest BCUT2D eigenvalue weighted by Crippen LogP contribution is 2.27. The van der Waals surface area contributed by atoms with Gasteiger partial charge in [-0.25, -0.2) is 8.42 Å². The molecule has 1 N–H and O–H groups in total. The van der Waals surface area contributed by atoms with E-state index in [1.54, 1.807) is 0 Å². The summed E-state index contributed by atoms with van der Waals surface area (Å²) >= 11 is 0. The fraction of sp³-hybridized carbons (Fsp3) is 0.250. The standard InChI is InChI=1S/C4HF3N2O2S/c5-4(6,7)12(10,11)3(1-8)2-9/h8H. The zero-order valence-electron chi connectivity index (χ0n) is 5.31. The van der Waals surface area contributed by atoms with Crippen molar-refractivity contribution in [2.24, 2.45) is 0 Å². The van der Waals surface area contributed by atoms with E-state index in [0.717, 1.165) is 5.87 Å². The third kappa shape index (κ3) is 1.64. The van der Waals surface area contributed by atoms with Crippen LogP contribution in [0.4, 0.5) is 13.2 Å². The van der Waals surface area contributed by atoms with Crippen LogP contribution in [-0.2, 0) is 9.84 Å². The van der Waals surface area contributed by atoms with Gasteiger partial charge in [0.15, 0.2) is 0 Å². The molecule has 0 heterocycles. The molecule has 66 valence electrons. The molecular formula is C4HF3N2O2S. The van der Waals surface area contributed by atoms with Gasteiger partial charge in [-0.15, -0.1) is 0 Å². The fourth-order valence-corrected chi connectivity index (χ4v) is 0.757. The molecule has 0 aromatic rings. The molecule has 0 aliphatic rings. The maximum absolute atomic E-state index is 11.6.